The molecule has 0 spiro atoms. The Morgan fingerprint density at radius 3 is 1.66 bits per heavy atom. The Morgan fingerprint density at radius 2 is 1.17 bits per heavy atom. The van der Waals surface area contributed by atoms with Gasteiger partial charge in [-0.2, -0.15) is 0 Å². The number of H-pyrrole nitrogens is 2. The lowest BCUT2D eigenvalue weighted by atomic mass is 10.0. The van der Waals surface area contributed by atoms with Crippen LogP contribution in [-0.2, 0) is 19.1 Å². The van der Waals surface area contributed by atoms with Gasteiger partial charge in [-0.3, -0.25) is 14.4 Å². The number of nitrogens with one attached hydrogen (secondary N) is 6. The number of aromatic nitrogens is 4. The minimum absolute atomic E-state index is 0.144. The number of hydrogen-bond donors (Lipinski definition) is 6. The number of aromatic amines is 2. The number of rotatable bonds is 10. The molecule has 58 heavy (non-hydrogen) atoms. The molecule has 0 bridgehead atoms. The van der Waals surface area contributed by atoms with E-state index in [-0.39, 0.29) is 41.6 Å². The fourth-order valence-corrected chi connectivity index (χ4v) is 7.96. The molecule has 306 valence electrons. The number of likely N-dealkylation sites (tertiary alicyclic amines) is 2. The number of alkyl carbamates (subject to hydrolysis) is 2. The normalized spacial score (nSPS) is 18.4. The zero-order valence-electron chi connectivity index (χ0n) is 33.5. The molecule has 7 rings (SSSR count). The zero-order chi connectivity index (χ0) is 41.2. The lowest BCUT2D eigenvalue weighted by molar-refractivity contribution is -0.136. The zero-order valence-corrected chi connectivity index (χ0v) is 33.5. The Bertz CT molecular complexity index is 2210. The first-order valence-electron chi connectivity index (χ1n) is 19.6. The number of methoxy groups -OCH3 is 2. The maximum Gasteiger partial charge on any atom is 0.407 e. The Balaban J connectivity index is 1.06. The van der Waals surface area contributed by atoms with Crippen LogP contribution in [0.1, 0.15) is 87.5 Å². The molecule has 3 aliphatic heterocycles. The van der Waals surface area contributed by atoms with Crippen molar-refractivity contribution in [2.75, 3.05) is 37.9 Å². The molecule has 5 heterocycles. The SMILES string of the molecule is COC(=O)NC(C(=O)N1CCCC1c1ncc(-c2ccc3c(c2)NC(=O)c2cc(-c4cnc(C5CCCN5C(=O)C(NC(=O)OC)C(C)C)[nH]4)ccc2N3)[nH]1)C(C)C. The molecule has 0 saturated carbocycles. The van der Waals surface area contributed by atoms with E-state index in [1.54, 1.807) is 28.3 Å². The fraction of sp³-hybridized carbons (Fsp3) is 0.439. The van der Waals surface area contributed by atoms with E-state index in [4.69, 9.17) is 9.47 Å². The Labute approximate surface area is 336 Å². The van der Waals surface area contributed by atoms with E-state index in [1.165, 1.54) is 14.2 Å². The summed E-state index contributed by atoms with van der Waals surface area (Å²) < 4.78 is 9.51. The first-order valence-corrected chi connectivity index (χ1v) is 19.6. The van der Waals surface area contributed by atoms with Crippen molar-refractivity contribution in [1.29, 1.82) is 0 Å². The summed E-state index contributed by atoms with van der Waals surface area (Å²) in [5, 5.41) is 11.8. The molecule has 4 unspecified atom stereocenters. The highest BCUT2D eigenvalue weighted by Crippen LogP contribution is 2.38. The standard InChI is InChI=1S/C41H50N10O7/c1-21(2)33(48-40(55)57-5)38(53)50-15-7-9-31(50)35-42-19-29(45-35)23-11-13-26-25(17-23)37(52)47-28-18-24(12-14-27(28)44-26)30-20-43-36(46-30)32-10-8-16-51(32)39(54)34(22(3)4)49-41(56)58-6/h11-14,17-22,31-34,44H,7-10,15-16H2,1-6H3,(H,42,45)(H,43,46)(H,47,52)(H,48,55)(H,49,56). The van der Waals surface area contributed by atoms with Crippen LogP contribution in [0.3, 0.4) is 0 Å². The fourth-order valence-electron chi connectivity index (χ4n) is 7.96. The highest BCUT2D eigenvalue weighted by molar-refractivity contribution is 6.13. The quantitative estimate of drug-likeness (QED) is 0.112. The second kappa shape index (κ2) is 16.6. The molecule has 2 aromatic heterocycles. The summed E-state index contributed by atoms with van der Waals surface area (Å²) in [5.41, 5.74) is 5.32. The number of hydrogen-bond acceptors (Lipinski definition) is 10. The van der Waals surface area contributed by atoms with Gasteiger partial charge in [-0.1, -0.05) is 39.8 Å². The minimum Gasteiger partial charge on any atom is -0.453 e. The lowest BCUT2D eigenvalue weighted by Crippen LogP contribution is -2.51. The van der Waals surface area contributed by atoms with Crippen molar-refractivity contribution in [2.45, 2.75) is 77.5 Å². The number of imidazole rings is 2. The summed E-state index contributed by atoms with van der Waals surface area (Å²) in [7, 11) is 2.54. The molecule has 0 radical (unpaired) electrons. The highest BCUT2D eigenvalue weighted by Gasteiger charge is 2.39. The summed E-state index contributed by atoms with van der Waals surface area (Å²) in [4.78, 5) is 84.6. The number of benzene rings is 2. The van der Waals surface area contributed by atoms with Crippen molar-refractivity contribution >= 4 is 47.0 Å². The predicted octanol–water partition coefficient (Wildman–Crippen LogP) is 5.86. The first-order chi connectivity index (χ1) is 27.9. The van der Waals surface area contributed by atoms with E-state index >= 15 is 0 Å². The molecule has 2 aromatic carbocycles. The predicted molar refractivity (Wildman–Crippen MR) is 215 cm³/mol. The molecular weight excluding hydrogens is 745 g/mol. The molecule has 2 fully saturated rings. The molecule has 5 amide bonds. The number of fused-ring (bicyclic) bond motifs is 2. The number of nitrogens with zero attached hydrogens (tertiary/aromatic N) is 4. The van der Waals surface area contributed by atoms with Crippen LogP contribution < -0.4 is 21.3 Å². The number of amides is 5. The largest absolute Gasteiger partial charge is 0.453 e. The third kappa shape index (κ3) is 7.93. The van der Waals surface area contributed by atoms with Crippen LogP contribution in [0.15, 0.2) is 48.8 Å². The second-order valence-electron chi connectivity index (χ2n) is 15.6. The van der Waals surface area contributed by atoms with Crippen molar-refractivity contribution in [3.05, 3.63) is 66.0 Å². The number of carbonyl (C=O) groups is 5. The van der Waals surface area contributed by atoms with Crippen molar-refractivity contribution in [2.24, 2.45) is 11.8 Å². The summed E-state index contributed by atoms with van der Waals surface area (Å²) in [6.07, 6.45) is 5.14. The van der Waals surface area contributed by atoms with Crippen LogP contribution in [0.25, 0.3) is 22.5 Å². The summed E-state index contributed by atoms with van der Waals surface area (Å²) in [5.74, 6) is 0.304. The van der Waals surface area contributed by atoms with Crippen molar-refractivity contribution in [1.82, 2.24) is 40.4 Å². The summed E-state index contributed by atoms with van der Waals surface area (Å²) in [6, 6.07) is 9.20. The summed E-state index contributed by atoms with van der Waals surface area (Å²) in [6.45, 7) is 8.58. The van der Waals surface area contributed by atoms with Crippen LogP contribution in [0.2, 0.25) is 0 Å². The van der Waals surface area contributed by atoms with Gasteiger partial charge >= 0.3 is 12.2 Å². The van der Waals surface area contributed by atoms with Gasteiger partial charge in [-0.05, 0) is 61.8 Å². The minimum atomic E-state index is -0.739. The molecule has 6 N–H and O–H groups in total. The van der Waals surface area contributed by atoms with Gasteiger partial charge in [0, 0.05) is 24.2 Å². The highest BCUT2D eigenvalue weighted by atomic mass is 16.5. The van der Waals surface area contributed by atoms with Crippen LogP contribution in [-0.4, -0.2) is 99.0 Å². The monoisotopic (exact) mass is 794 g/mol. The Morgan fingerprint density at radius 1 is 0.690 bits per heavy atom. The molecule has 0 aliphatic carbocycles. The second-order valence-corrected chi connectivity index (χ2v) is 15.6. The van der Waals surface area contributed by atoms with Gasteiger partial charge in [-0.15, -0.1) is 0 Å². The molecule has 3 aliphatic rings. The van der Waals surface area contributed by atoms with Gasteiger partial charge in [0.05, 0.1) is 72.7 Å². The molecule has 4 atom stereocenters. The maximum absolute atomic E-state index is 13.8. The molecule has 17 heteroatoms. The average Bonchev–Trinajstić information content (AvgIpc) is 4.05. The average molecular weight is 795 g/mol. The van der Waals surface area contributed by atoms with E-state index in [0.29, 0.717) is 59.5 Å². The number of ether oxygens (including phenoxy) is 2. The van der Waals surface area contributed by atoms with Crippen molar-refractivity contribution in [3.63, 3.8) is 0 Å². The van der Waals surface area contributed by atoms with E-state index in [1.807, 2.05) is 58.0 Å². The van der Waals surface area contributed by atoms with Crippen LogP contribution in [0.4, 0.5) is 26.7 Å². The van der Waals surface area contributed by atoms with E-state index in [0.717, 1.165) is 36.1 Å². The van der Waals surface area contributed by atoms with Crippen LogP contribution in [0.5, 0.6) is 0 Å². The molecular formula is C41H50N10O7. The smallest absolute Gasteiger partial charge is 0.407 e. The molecule has 4 aromatic rings. The third-order valence-electron chi connectivity index (χ3n) is 11.1. The van der Waals surface area contributed by atoms with E-state index < -0.39 is 24.3 Å². The topological polar surface area (TPSA) is 216 Å². The maximum atomic E-state index is 13.8. The molecule has 17 nitrogen and oxygen atoms in total. The van der Waals surface area contributed by atoms with Gasteiger partial charge in [0.1, 0.15) is 23.7 Å². The molecule has 2 saturated heterocycles. The first kappa shape index (κ1) is 39.8. The van der Waals surface area contributed by atoms with Crippen molar-refractivity contribution < 1.29 is 33.4 Å². The van der Waals surface area contributed by atoms with E-state index in [2.05, 4.69) is 41.2 Å². The lowest BCUT2D eigenvalue weighted by Gasteiger charge is -2.30. The van der Waals surface area contributed by atoms with Crippen LogP contribution >= 0.6 is 0 Å². The van der Waals surface area contributed by atoms with Gasteiger partial charge in [-0.25, -0.2) is 19.6 Å². The van der Waals surface area contributed by atoms with Gasteiger partial charge < -0.3 is 50.5 Å². The van der Waals surface area contributed by atoms with Gasteiger partial charge in [0.2, 0.25) is 11.8 Å². The number of anilines is 3. The van der Waals surface area contributed by atoms with E-state index in [9.17, 15) is 24.0 Å². The third-order valence-corrected chi connectivity index (χ3v) is 11.1. The number of carbonyl (C=O) groups excluding carboxylic acids is 5. The Kier molecular flexibility index (Phi) is 11.4. The van der Waals surface area contributed by atoms with Crippen LogP contribution in [0, 0.1) is 11.8 Å². The van der Waals surface area contributed by atoms with Crippen molar-refractivity contribution in [3.8, 4) is 22.5 Å². The van der Waals surface area contributed by atoms with Gasteiger partial charge in [0.15, 0.2) is 0 Å². The Hall–Kier alpha value is -6.39. The summed E-state index contributed by atoms with van der Waals surface area (Å²) >= 11 is 0. The van der Waals surface area contributed by atoms with Gasteiger partial charge in [0.25, 0.3) is 5.91 Å².